The molecule has 1 aromatic rings. The highest BCUT2D eigenvalue weighted by Crippen LogP contribution is 2.22. The summed E-state index contributed by atoms with van der Waals surface area (Å²) in [5.41, 5.74) is 0.651. The second-order valence-electron chi connectivity index (χ2n) is 6.43. The Morgan fingerprint density at radius 2 is 1.78 bits per heavy atom. The molecule has 0 spiro atoms. The highest BCUT2D eigenvalue weighted by atomic mass is 19.1. The van der Waals surface area contributed by atoms with Crippen LogP contribution in [0.5, 0.6) is 0 Å². The molecule has 5 nitrogen and oxygen atoms in total. The molecule has 1 heterocycles. The molecule has 0 aliphatic carbocycles. The van der Waals surface area contributed by atoms with Crippen molar-refractivity contribution < 1.29 is 14.0 Å². The molecule has 1 N–H and O–H groups in total. The third kappa shape index (κ3) is 4.00. The van der Waals surface area contributed by atoms with Crippen molar-refractivity contribution >= 4 is 17.6 Å². The predicted octanol–water partition coefficient (Wildman–Crippen LogP) is 2.76. The van der Waals surface area contributed by atoms with Crippen LogP contribution < -0.4 is 10.2 Å². The number of halogens is 1. The van der Waals surface area contributed by atoms with E-state index in [9.17, 15) is 14.0 Å². The maximum Gasteiger partial charge on any atom is 0.318 e. The van der Waals surface area contributed by atoms with Crippen LogP contribution in [0.25, 0.3) is 0 Å². The zero-order valence-corrected chi connectivity index (χ0v) is 14.0. The standard InChI is InChI=1S/C17H24FN3O2/c1-11(2)21(12(3)4)17(23)19-14-9-16(22)20(10-14)15-7-5-13(18)6-8-15/h5-8,11-12,14H,9-10H2,1-4H3,(H,19,23). The summed E-state index contributed by atoms with van der Waals surface area (Å²) in [6, 6.07) is 5.58. The van der Waals surface area contributed by atoms with Crippen LogP contribution in [-0.2, 0) is 4.79 Å². The summed E-state index contributed by atoms with van der Waals surface area (Å²) >= 11 is 0. The zero-order chi connectivity index (χ0) is 17.1. The lowest BCUT2D eigenvalue weighted by molar-refractivity contribution is -0.117. The van der Waals surface area contributed by atoms with Crippen molar-refractivity contribution in [3.63, 3.8) is 0 Å². The summed E-state index contributed by atoms with van der Waals surface area (Å²) in [6.45, 7) is 8.25. The molecule has 2 rings (SSSR count). The smallest absolute Gasteiger partial charge is 0.318 e. The van der Waals surface area contributed by atoms with Gasteiger partial charge in [0, 0.05) is 30.7 Å². The van der Waals surface area contributed by atoms with Crippen molar-refractivity contribution in [1.82, 2.24) is 10.2 Å². The van der Waals surface area contributed by atoms with Crippen LogP contribution in [0.15, 0.2) is 24.3 Å². The molecule has 1 aromatic carbocycles. The summed E-state index contributed by atoms with van der Waals surface area (Å²) in [4.78, 5) is 27.9. The molecule has 1 aliphatic rings. The van der Waals surface area contributed by atoms with Gasteiger partial charge >= 0.3 is 6.03 Å². The lowest BCUT2D eigenvalue weighted by Gasteiger charge is -2.32. The maximum atomic E-state index is 13.0. The number of benzene rings is 1. The second-order valence-corrected chi connectivity index (χ2v) is 6.43. The number of hydrogen-bond donors (Lipinski definition) is 1. The molecular weight excluding hydrogens is 297 g/mol. The average Bonchev–Trinajstić information content (AvgIpc) is 2.79. The zero-order valence-electron chi connectivity index (χ0n) is 14.0. The molecule has 1 aliphatic heterocycles. The minimum atomic E-state index is -0.338. The summed E-state index contributed by atoms with van der Waals surface area (Å²) < 4.78 is 13.0. The highest BCUT2D eigenvalue weighted by Gasteiger charge is 2.33. The summed E-state index contributed by atoms with van der Waals surface area (Å²) in [6.07, 6.45) is 0.257. The number of anilines is 1. The van der Waals surface area contributed by atoms with Gasteiger partial charge in [-0.2, -0.15) is 0 Å². The van der Waals surface area contributed by atoms with Crippen LogP contribution in [0.1, 0.15) is 34.1 Å². The minimum Gasteiger partial charge on any atom is -0.333 e. The van der Waals surface area contributed by atoms with Crippen molar-refractivity contribution in [2.45, 2.75) is 52.2 Å². The molecule has 0 bridgehead atoms. The van der Waals surface area contributed by atoms with Gasteiger partial charge in [0.2, 0.25) is 5.91 Å². The Morgan fingerprint density at radius 3 is 2.30 bits per heavy atom. The van der Waals surface area contributed by atoms with Crippen molar-refractivity contribution in [1.29, 1.82) is 0 Å². The fraction of sp³-hybridized carbons (Fsp3) is 0.529. The van der Waals surface area contributed by atoms with E-state index in [1.54, 1.807) is 21.9 Å². The third-order valence-electron chi connectivity index (χ3n) is 3.94. The average molecular weight is 321 g/mol. The molecule has 3 amide bonds. The lowest BCUT2D eigenvalue weighted by Crippen LogP contribution is -2.51. The monoisotopic (exact) mass is 321 g/mol. The van der Waals surface area contributed by atoms with Gasteiger partial charge in [-0.3, -0.25) is 4.79 Å². The molecule has 23 heavy (non-hydrogen) atoms. The van der Waals surface area contributed by atoms with Crippen LogP contribution in [-0.4, -0.2) is 41.5 Å². The summed E-state index contributed by atoms with van der Waals surface area (Å²) in [5, 5.41) is 2.93. The topological polar surface area (TPSA) is 52.7 Å². The van der Waals surface area contributed by atoms with Gasteiger partial charge in [0.05, 0.1) is 6.04 Å². The number of urea groups is 1. The van der Waals surface area contributed by atoms with Gasteiger partial charge in [-0.1, -0.05) is 0 Å². The van der Waals surface area contributed by atoms with Gasteiger partial charge in [-0.25, -0.2) is 9.18 Å². The van der Waals surface area contributed by atoms with Crippen molar-refractivity contribution in [2.75, 3.05) is 11.4 Å². The molecule has 0 aromatic heterocycles. The number of nitrogens with one attached hydrogen (secondary N) is 1. The van der Waals surface area contributed by atoms with Gasteiger partial charge in [-0.15, -0.1) is 0 Å². The number of carbonyl (C=O) groups is 2. The first-order valence-corrected chi connectivity index (χ1v) is 7.94. The number of nitrogens with zero attached hydrogens (tertiary/aromatic N) is 2. The number of rotatable bonds is 4. The van der Waals surface area contributed by atoms with E-state index < -0.39 is 0 Å². The maximum absolute atomic E-state index is 13.0. The molecule has 0 radical (unpaired) electrons. The summed E-state index contributed by atoms with van der Waals surface area (Å²) in [5.74, 6) is -0.405. The van der Waals surface area contributed by atoms with Crippen molar-refractivity contribution in [3.8, 4) is 0 Å². The molecule has 1 saturated heterocycles. The van der Waals surface area contributed by atoms with E-state index in [2.05, 4.69) is 5.32 Å². The lowest BCUT2D eigenvalue weighted by atomic mass is 10.2. The van der Waals surface area contributed by atoms with Crippen LogP contribution in [0.2, 0.25) is 0 Å². The second kappa shape index (κ2) is 6.98. The molecule has 126 valence electrons. The van der Waals surface area contributed by atoms with Crippen LogP contribution in [0.3, 0.4) is 0 Å². The van der Waals surface area contributed by atoms with Gasteiger partial charge < -0.3 is 15.1 Å². The Morgan fingerprint density at radius 1 is 1.22 bits per heavy atom. The third-order valence-corrected chi connectivity index (χ3v) is 3.94. The van der Waals surface area contributed by atoms with E-state index in [0.717, 1.165) is 0 Å². The summed E-state index contributed by atoms with van der Waals surface area (Å²) in [7, 11) is 0. The number of carbonyl (C=O) groups excluding carboxylic acids is 2. The Hall–Kier alpha value is -2.11. The van der Waals surface area contributed by atoms with E-state index >= 15 is 0 Å². The van der Waals surface area contributed by atoms with E-state index in [-0.39, 0.29) is 42.3 Å². The minimum absolute atomic E-state index is 0.0671. The van der Waals surface area contributed by atoms with Crippen molar-refractivity contribution in [3.05, 3.63) is 30.1 Å². The van der Waals surface area contributed by atoms with Gasteiger partial charge in [0.25, 0.3) is 0 Å². The first-order chi connectivity index (χ1) is 10.8. The van der Waals surface area contributed by atoms with E-state index in [1.807, 2.05) is 27.7 Å². The Kier molecular flexibility index (Phi) is 5.23. The van der Waals surface area contributed by atoms with Gasteiger partial charge in [0.1, 0.15) is 5.82 Å². The fourth-order valence-corrected chi connectivity index (χ4v) is 2.99. The van der Waals surface area contributed by atoms with Crippen molar-refractivity contribution in [2.24, 2.45) is 0 Å². The molecule has 0 saturated carbocycles. The van der Waals surface area contributed by atoms with Gasteiger partial charge in [0.15, 0.2) is 0 Å². The first kappa shape index (κ1) is 17.2. The first-order valence-electron chi connectivity index (χ1n) is 7.94. The van der Waals surface area contributed by atoms with Crippen LogP contribution >= 0.6 is 0 Å². The van der Waals surface area contributed by atoms with E-state index in [4.69, 9.17) is 0 Å². The highest BCUT2D eigenvalue weighted by molar-refractivity contribution is 5.96. The van der Waals surface area contributed by atoms with Gasteiger partial charge in [-0.05, 0) is 52.0 Å². The molecular formula is C17H24FN3O2. The molecule has 1 atom stereocenters. The molecule has 1 fully saturated rings. The Bertz CT molecular complexity index is 564. The molecule has 1 unspecified atom stereocenters. The quantitative estimate of drug-likeness (QED) is 0.927. The predicted molar refractivity (Wildman–Crippen MR) is 87.8 cm³/mol. The van der Waals surface area contributed by atoms with E-state index in [0.29, 0.717) is 12.2 Å². The SMILES string of the molecule is CC(C)N(C(=O)NC1CC(=O)N(c2ccc(F)cc2)C1)C(C)C. The Labute approximate surface area is 136 Å². The largest absolute Gasteiger partial charge is 0.333 e. The van der Waals surface area contributed by atoms with Crippen LogP contribution in [0, 0.1) is 5.82 Å². The normalized spacial score (nSPS) is 18.0. The number of amides is 3. The molecule has 6 heteroatoms. The van der Waals surface area contributed by atoms with Crippen LogP contribution in [0.4, 0.5) is 14.9 Å². The number of hydrogen-bond acceptors (Lipinski definition) is 2. The fourth-order valence-electron chi connectivity index (χ4n) is 2.99. The Balaban J connectivity index is 2.02. The van der Waals surface area contributed by atoms with E-state index in [1.165, 1.54) is 12.1 Å².